The van der Waals surface area contributed by atoms with Gasteiger partial charge in [-0.05, 0) is 157 Å². The molecule has 2 aromatic heterocycles. The summed E-state index contributed by atoms with van der Waals surface area (Å²) >= 11 is 2.94. The predicted octanol–water partition coefficient (Wildman–Crippen LogP) is 18.1. The molecule has 4 fully saturated rings. The molecule has 0 aliphatic carbocycles. The van der Waals surface area contributed by atoms with Crippen molar-refractivity contribution in [1.82, 2.24) is 9.97 Å². The quantitative estimate of drug-likeness (QED) is 0.00691. The number of hydrazone groups is 2. The van der Waals surface area contributed by atoms with Crippen molar-refractivity contribution in [3.8, 4) is 34.5 Å². The molecule has 116 heavy (non-hydrogen) atoms. The summed E-state index contributed by atoms with van der Waals surface area (Å²) in [6, 6.07) is 52.8. The Kier molecular flexibility index (Phi) is 39.1. The molecule has 0 radical (unpaired) electrons. The van der Waals surface area contributed by atoms with Gasteiger partial charge in [-0.15, -0.1) is 0 Å². The number of aromatic nitrogens is 2. The molecule has 2 atom stereocenters. The van der Waals surface area contributed by atoms with Gasteiger partial charge in [0.05, 0.1) is 134 Å². The van der Waals surface area contributed by atoms with E-state index in [1.807, 2.05) is 72.8 Å². The molecule has 14 rings (SSSR count). The van der Waals surface area contributed by atoms with Crippen molar-refractivity contribution >= 4 is 89.7 Å². The van der Waals surface area contributed by atoms with E-state index in [0.717, 1.165) is 38.2 Å². The Hall–Kier alpha value is -10.8. The van der Waals surface area contributed by atoms with Crippen LogP contribution < -0.4 is 39.3 Å². The normalized spacial score (nSPS) is 14.7. The minimum Gasteiger partial charge on any atom is -0.468 e. The molecule has 8 aromatic carbocycles. The van der Waals surface area contributed by atoms with Gasteiger partial charge in [0.15, 0.2) is 27.2 Å². The summed E-state index contributed by atoms with van der Waals surface area (Å²) in [5.41, 5.74) is 12.0. The SMILES string of the molecule is C.C.C.C.C.C.C.C.CC1(COCOc2ccc(C(=O)OCCc3ccc(OC(=O)c4ccc(OCOCC5(C)COC5)cc4)c(/C=N/Nc4nc5ccccc5s4)c3)cc2)COC1.O=C(OCCc1ccc(OC(=O)c2ccc(OCOCC3CO3)cc2)c(/C=N/Nc2nc3ccccc3s2)c1)c1ccc(OCOCC2CO2)cc1. The lowest BCUT2D eigenvalue weighted by atomic mass is 9.90. The van der Waals surface area contributed by atoms with E-state index in [9.17, 15) is 19.2 Å². The number of hydrogen-bond donors (Lipinski definition) is 2. The van der Waals surface area contributed by atoms with Crippen LogP contribution in [-0.4, -0.2) is 165 Å². The smallest absolute Gasteiger partial charge is 0.343 e. The predicted molar refractivity (Wildman–Crippen MR) is 455 cm³/mol. The molecule has 6 heterocycles. The molecule has 0 saturated carbocycles. The maximum atomic E-state index is 13.2. The maximum absolute atomic E-state index is 13.2. The first-order chi connectivity index (χ1) is 52.8. The highest BCUT2D eigenvalue weighted by atomic mass is 32.1. The lowest BCUT2D eigenvalue weighted by molar-refractivity contribution is -0.151. The largest absolute Gasteiger partial charge is 0.468 e. The molecule has 4 aliphatic heterocycles. The third-order valence-electron chi connectivity index (χ3n) is 16.8. The van der Waals surface area contributed by atoms with Crippen molar-refractivity contribution in [2.24, 2.45) is 21.0 Å². The number of anilines is 2. The number of carbonyl (C=O) groups excluding carboxylic acids is 4. The molecule has 0 bridgehead atoms. The summed E-state index contributed by atoms with van der Waals surface area (Å²) in [7, 11) is 0. The summed E-state index contributed by atoms with van der Waals surface area (Å²) < 4.78 is 89.9. The fourth-order valence-corrected chi connectivity index (χ4v) is 12.2. The summed E-state index contributed by atoms with van der Waals surface area (Å²) in [5.74, 6) is 0.846. The van der Waals surface area contributed by atoms with Crippen LogP contribution in [0.3, 0.4) is 0 Å². The van der Waals surface area contributed by atoms with Crippen LogP contribution in [-0.2, 0) is 60.2 Å². The molecular weight excluding hydrogens is 1530 g/mol. The maximum Gasteiger partial charge on any atom is 0.343 e. The van der Waals surface area contributed by atoms with Crippen molar-refractivity contribution in [1.29, 1.82) is 0 Å². The van der Waals surface area contributed by atoms with Gasteiger partial charge in [-0.2, -0.15) is 10.2 Å². The van der Waals surface area contributed by atoms with E-state index >= 15 is 0 Å². The molecule has 10 aromatic rings. The first kappa shape index (κ1) is 95.8. The lowest BCUT2D eigenvalue weighted by Crippen LogP contribution is -2.43. The van der Waals surface area contributed by atoms with Crippen LogP contribution in [0.4, 0.5) is 10.3 Å². The number of fused-ring (bicyclic) bond motifs is 2. The number of para-hydroxylation sites is 2. The Balaban J connectivity index is 0.000000388. The number of nitrogens with one attached hydrogen (secondary N) is 2. The number of hydrogen-bond acceptors (Lipinski definition) is 28. The number of ether oxygens (including phenoxy) is 16. The number of nitrogens with zero attached hydrogens (tertiary/aromatic N) is 4. The molecule has 4 saturated heterocycles. The first-order valence-electron chi connectivity index (χ1n) is 34.7. The van der Waals surface area contributed by atoms with Gasteiger partial charge >= 0.3 is 23.9 Å². The second-order valence-corrected chi connectivity index (χ2v) is 28.2. The molecule has 624 valence electrons. The van der Waals surface area contributed by atoms with E-state index in [-0.39, 0.29) is 123 Å². The molecule has 28 heteroatoms. The van der Waals surface area contributed by atoms with Crippen molar-refractivity contribution < 1.29 is 95.0 Å². The molecule has 0 amide bonds. The minimum atomic E-state index is -0.555. The zero-order valence-corrected chi connectivity index (χ0v) is 60.8. The van der Waals surface area contributed by atoms with E-state index in [1.165, 1.54) is 22.7 Å². The van der Waals surface area contributed by atoms with Gasteiger partial charge in [-0.1, -0.05) is 132 Å². The zero-order valence-electron chi connectivity index (χ0n) is 59.1. The summed E-state index contributed by atoms with van der Waals surface area (Å²) in [6.45, 7) is 11.1. The standard InChI is InChI=1S/C42H43N3O10S.C38H35N3O10S.8CH4/c1-41(21-48-22-41)25-50-27-53-33-12-8-30(9-13-33)38(46)52-18-17-29-7-16-36(32(19-29)20-43-45-40-44-35-5-3-4-6-37(35)56-40)55-39(47)31-10-14-34(15-11-31)54-28-51-26-42(2)23-49-24-42;42-36(26-6-10-29(11-7-26)49-23-44-19-31-21-47-31)46-16-15-25-5-14-34(28(17-25)18-39-41-38-40-33-3-1-2-4-35(33)52-38)51-37(43)27-8-12-30(13-9-27)50-24-45-20-32-22-48-32;;;;;;;;/h3-16,19-20H,17-18,21-28H2,1-2H3,(H,44,45);1-14,17-18,31-32H,15-16,19-24H2,(H,40,41);8*1H4/b43-20+;39-18+;;;;;;;;. The molecule has 2 N–H and O–H groups in total. The van der Waals surface area contributed by atoms with Crippen LogP contribution in [0.1, 0.15) is 137 Å². The first-order valence-corrected chi connectivity index (χ1v) is 36.4. The summed E-state index contributed by atoms with van der Waals surface area (Å²) in [5, 5.41) is 10.0. The zero-order chi connectivity index (χ0) is 74.3. The van der Waals surface area contributed by atoms with E-state index in [4.69, 9.17) is 75.8 Å². The molecule has 2 unspecified atom stereocenters. The van der Waals surface area contributed by atoms with Gasteiger partial charge in [0.1, 0.15) is 46.7 Å². The Morgan fingerprint density at radius 2 is 0.767 bits per heavy atom. The van der Waals surface area contributed by atoms with Crippen LogP contribution in [0.2, 0.25) is 0 Å². The van der Waals surface area contributed by atoms with E-state index in [1.54, 1.807) is 122 Å². The van der Waals surface area contributed by atoms with Gasteiger partial charge in [-0.3, -0.25) is 10.9 Å². The number of benzene rings is 8. The monoisotopic (exact) mass is 1630 g/mol. The average Bonchev–Trinajstić information content (AvgIpc) is 1.66. The van der Waals surface area contributed by atoms with Gasteiger partial charge in [-0.25, -0.2) is 29.1 Å². The van der Waals surface area contributed by atoms with Crippen molar-refractivity contribution in [2.75, 3.05) is 117 Å². The van der Waals surface area contributed by atoms with Crippen molar-refractivity contribution in [3.63, 3.8) is 0 Å². The second kappa shape index (κ2) is 47.3. The third-order valence-corrected chi connectivity index (χ3v) is 18.7. The Morgan fingerprint density at radius 1 is 0.440 bits per heavy atom. The summed E-state index contributed by atoms with van der Waals surface area (Å²) in [6.07, 6.45) is 4.26. The van der Waals surface area contributed by atoms with E-state index in [0.29, 0.717) is 150 Å². The lowest BCUT2D eigenvalue weighted by Gasteiger charge is -2.37. The van der Waals surface area contributed by atoms with E-state index < -0.39 is 23.9 Å². The topological polar surface area (TPSA) is 297 Å². The molecule has 0 spiro atoms. The van der Waals surface area contributed by atoms with Gasteiger partial charge in [0.2, 0.25) is 10.3 Å². The van der Waals surface area contributed by atoms with Crippen LogP contribution in [0.5, 0.6) is 34.5 Å². The molecular formula is C88H110N6O20S2. The van der Waals surface area contributed by atoms with Gasteiger partial charge < -0.3 is 75.8 Å². The highest BCUT2D eigenvalue weighted by molar-refractivity contribution is 7.22. The fourth-order valence-electron chi connectivity index (χ4n) is 10.6. The van der Waals surface area contributed by atoms with Gasteiger partial charge in [0, 0.05) is 34.8 Å². The van der Waals surface area contributed by atoms with E-state index in [2.05, 4.69) is 44.9 Å². The molecule has 4 aliphatic rings. The van der Waals surface area contributed by atoms with Crippen LogP contribution >= 0.6 is 22.7 Å². The number of rotatable bonds is 38. The van der Waals surface area contributed by atoms with Crippen LogP contribution in [0.25, 0.3) is 20.4 Å². The minimum absolute atomic E-state index is 0. The highest BCUT2D eigenvalue weighted by Gasteiger charge is 2.35. The Labute approximate surface area is 688 Å². The Morgan fingerprint density at radius 3 is 1.09 bits per heavy atom. The summed E-state index contributed by atoms with van der Waals surface area (Å²) in [4.78, 5) is 61.0. The number of epoxide rings is 2. The van der Waals surface area contributed by atoms with Crippen LogP contribution in [0.15, 0.2) is 192 Å². The number of carbonyl (C=O) groups is 4. The van der Waals surface area contributed by atoms with Gasteiger partial charge in [0.25, 0.3) is 0 Å². The van der Waals surface area contributed by atoms with Crippen molar-refractivity contribution in [2.45, 2.75) is 98.3 Å². The molecule has 26 nitrogen and oxygen atoms in total. The second-order valence-electron chi connectivity index (χ2n) is 26.1. The van der Waals surface area contributed by atoms with Crippen molar-refractivity contribution in [3.05, 3.63) is 226 Å². The van der Waals surface area contributed by atoms with Crippen LogP contribution in [0, 0.1) is 10.8 Å². The Bertz CT molecular complexity index is 4650. The number of esters is 4. The number of thiazole rings is 2. The highest BCUT2D eigenvalue weighted by Crippen LogP contribution is 2.32. The fraction of sp³-hybridized carbons (Fsp3) is 0.364. The average molecular weight is 1640 g/mol. The third kappa shape index (κ3) is 28.9.